The number of alkyl halides is 3. The van der Waals surface area contributed by atoms with E-state index < -0.39 is 18.2 Å². The van der Waals surface area contributed by atoms with Gasteiger partial charge in [-0.05, 0) is 17.7 Å². The number of ether oxygens (including phenoxy) is 1. The maximum atomic E-state index is 12.2. The highest BCUT2D eigenvalue weighted by atomic mass is 19.4. The van der Waals surface area contributed by atoms with Gasteiger partial charge in [0, 0.05) is 0 Å². The van der Waals surface area contributed by atoms with E-state index in [0.29, 0.717) is 0 Å². The van der Waals surface area contributed by atoms with Crippen LogP contribution in [0.2, 0.25) is 0 Å². The van der Waals surface area contributed by atoms with Crippen LogP contribution in [-0.2, 0) is 6.42 Å². The Labute approximate surface area is 111 Å². The minimum atomic E-state index is -4.26. The summed E-state index contributed by atoms with van der Waals surface area (Å²) in [6, 6.07) is 5.27. The van der Waals surface area contributed by atoms with E-state index in [1.165, 1.54) is 24.3 Å². The number of nitrogens with two attached hydrogens (primary N) is 1. The Morgan fingerprint density at radius 3 is 2.50 bits per heavy atom. The molecule has 0 amide bonds. The molecule has 0 unspecified atom stereocenters. The molecule has 1 heterocycles. The lowest BCUT2D eigenvalue weighted by Crippen LogP contribution is -2.13. The standard InChI is InChI=1S/C12H10F3N3O2/c13-12(14,15)5-7-1-3-8(4-2-7)20-11-9(16)10(19)17-6-18-11/h1-4,6H,5,16H2,(H,17,18,19). The van der Waals surface area contributed by atoms with E-state index in [0.717, 1.165) is 6.33 Å². The summed E-state index contributed by atoms with van der Waals surface area (Å²) in [6.07, 6.45) is -4.16. The zero-order valence-electron chi connectivity index (χ0n) is 10.1. The molecular formula is C12H10F3N3O2. The predicted molar refractivity (Wildman–Crippen MR) is 65.5 cm³/mol. The van der Waals surface area contributed by atoms with Crippen molar-refractivity contribution in [2.24, 2.45) is 0 Å². The van der Waals surface area contributed by atoms with Crippen molar-refractivity contribution < 1.29 is 17.9 Å². The zero-order chi connectivity index (χ0) is 14.8. The van der Waals surface area contributed by atoms with Gasteiger partial charge < -0.3 is 15.5 Å². The third kappa shape index (κ3) is 3.50. The van der Waals surface area contributed by atoms with Crippen LogP contribution < -0.4 is 16.0 Å². The number of rotatable bonds is 3. The van der Waals surface area contributed by atoms with Crippen LogP contribution in [0.3, 0.4) is 0 Å². The Balaban J connectivity index is 2.15. The molecule has 0 atom stereocenters. The second-order valence-corrected chi connectivity index (χ2v) is 3.99. The summed E-state index contributed by atoms with van der Waals surface area (Å²) in [5, 5.41) is 0. The lowest BCUT2D eigenvalue weighted by Gasteiger charge is -2.08. The molecule has 0 aliphatic rings. The zero-order valence-corrected chi connectivity index (χ0v) is 10.1. The van der Waals surface area contributed by atoms with Gasteiger partial charge in [0.15, 0.2) is 5.69 Å². The van der Waals surface area contributed by atoms with Crippen molar-refractivity contribution >= 4 is 5.69 Å². The van der Waals surface area contributed by atoms with Crippen LogP contribution in [0.25, 0.3) is 0 Å². The van der Waals surface area contributed by atoms with Crippen molar-refractivity contribution in [3.63, 3.8) is 0 Å². The van der Waals surface area contributed by atoms with E-state index in [9.17, 15) is 18.0 Å². The SMILES string of the molecule is Nc1c(Oc2ccc(CC(F)(F)F)cc2)nc[nH]c1=O. The molecule has 106 valence electrons. The first kappa shape index (κ1) is 13.9. The highest BCUT2D eigenvalue weighted by molar-refractivity contribution is 5.47. The molecule has 2 rings (SSSR count). The third-order valence-electron chi connectivity index (χ3n) is 2.39. The lowest BCUT2D eigenvalue weighted by molar-refractivity contribution is -0.127. The molecule has 8 heteroatoms. The van der Waals surface area contributed by atoms with Crippen molar-refractivity contribution in [2.75, 3.05) is 5.73 Å². The third-order valence-corrected chi connectivity index (χ3v) is 2.39. The molecule has 0 saturated carbocycles. The minimum absolute atomic E-state index is 0.0997. The fourth-order valence-corrected chi connectivity index (χ4v) is 1.49. The summed E-state index contributed by atoms with van der Waals surface area (Å²) in [6.45, 7) is 0. The second-order valence-electron chi connectivity index (χ2n) is 3.99. The normalized spacial score (nSPS) is 11.3. The summed E-state index contributed by atoms with van der Waals surface area (Å²) in [5.41, 5.74) is 4.82. The molecule has 0 radical (unpaired) electrons. The molecule has 3 N–H and O–H groups in total. The van der Waals surface area contributed by atoms with E-state index in [1.807, 2.05) is 0 Å². The van der Waals surface area contributed by atoms with Gasteiger partial charge in [-0.15, -0.1) is 0 Å². The van der Waals surface area contributed by atoms with E-state index in [2.05, 4.69) is 9.97 Å². The largest absolute Gasteiger partial charge is 0.437 e. The summed E-state index contributed by atoms with van der Waals surface area (Å²) < 4.78 is 41.8. The van der Waals surface area contributed by atoms with Crippen molar-refractivity contribution in [1.29, 1.82) is 0 Å². The highest BCUT2D eigenvalue weighted by Crippen LogP contribution is 2.25. The number of anilines is 1. The van der Waals surface area contributed by atoms with Crippen LogP contribution >= 0.6 is 0 Å². The van der Waals surface area contributed by atoms with E-state index in [1.54, 1.807) is 0 Å². The van der Waals surface area contributed by atoms with Gasteiger partial charge in [0.1, 0.15) is 5.75 Å². The summed E-state index contributed by atoms with van der Waals surface area (Å²) in [7, 11) is 0. The van der Waals surface area contributed by atoms with E-state index in [4.69, 9.17) is 10.5 Å². The number of H-pyrrole nitrogens is 1. The Hall–Kier alpha value is -2.51. The molecule has 0 aliphatic carbocycles. The monoisotopic (exact) mass is 285 g/mol. The molecule has 0 saturated heterocycles. The Kier molecular flexibility index (Phi) is 3.64. The minimum Gasteiger partial charge on any atom is -0.437 e. The maximum absolute atomic E-state index is 12.2. The van der Waals surface area contributed by atoms with Gasteiger partial charge in [0.05, 0.1) is 12.7 Å². The molecule has 5 nitrogen and oxygen atoms in total. The molecule has 1 aromatic carbocycles. The Morgan fingerprint density at radius 1 is 1.25 bits per heavy atom. The molecular weight excluding hydrogens is 275 g/mol. The average molecular weight is 285 g/mol. The van der Waals surface area contributed by atoms with Crippen LogP contribution in [0.15, 0.2) is 35.4 Å². The first-order valence-electron chi connectivity index (χ1n) is 5.52. The second kappa shape index (κ2) is 5.24. The first-order chi connectivity index (χ1) is 9.35. The molecule has 0 bridgehead atoms. The molecule has 2 aromatic rings. The number of nitrogen functional groups attached to an aromatic ring is 1. The molecule has 0 aliphatic heterocycles. The van der Waals surface area contributed by atoms with Crippen LogP contribution in [0, 0.1) is 0 Å². The summed E-state index contributed by atoms with van der Waals surface area (Å²) in [4.78, 5) is 17.2. The quantitative estimate of drug-likeness (QED) is 0.906. The van der Waals surface area contributed by atoms with Crippen molar-refractivity contribution in [3.05, 3.63) is 46.5 Å². The van der Waals surface area contributed by atoms with Gasteiger partial charge in [-0.2, -0.15) is 13.2 Å². The van der Waals surface area contributed by atoms with Crippen LogP contribution in [0.4, 0.5) is 18.9 Å². The number of hydrogen-bond donors (Lipinski definition) is 2. The van der Waals surface area contributed by atoms with Crippen LogP contribution in [-0.4, -0.2) is 16.1 Å². The number of benzene rings is 1. The van der Waals surface area contributed by atoms with Crippen molar-refractivity contribution in [1.82, 2.24) is 9.97 Å². The first-order valence-corrected chi connectivity index (χ1v) is 5.52. The number of halogens is 3. The van der Waals surface area contributed by atoms with Crippen molar-refractivity contribution in [3.8, 4) is 11.6 Å². The molecule has 20 heavy (non-hydrogen) atoms. The van der Waals surface area contributed by atoms with Gasteiger partial charge in [-0.25, -0.2) is 4.98 Å². The molecule has 0 spiro atoms. The van der Waals surface area contributed by atoms with E-state index >= 15 is 0 Å². The molecule has 1 aromatic heterocycles. The fourth-order valence-electron chi connectivity index (χ4n) is 1.49. The van der Waals surface area contributed by atoms with Gasteiger partial charge >= 0.3 is 6.18 Å². The summed E-state index contributed by atoms with van der Waals surface area (Å²) in [5.74, 6) is 0.137. The average Bonchev–Trinajstić information content (AvgIpc) is 2.35. The Bertz CT molecular complexity index is 650. The van der Waals surface area contributed by atoms with E-state index in [-0.39, 0.29) is 22.9 Å². The van der Waals surface area contributed by atoms with Gasteiger partial charge in [0.25, 0.3) is 5.56 Å². The lowest BCUT2D eigenvalue weighted by atomic mass is 10.1. The number of aromatic amines is 1. The number of nitrogens with zero attached hydrogens (tertiary/aromatic N) is 1. The maximum Gasteiger partial charge on any atom is 0.393 e. The molecule has 0 fully saturated rings. The fraction of sp³-hybridized carbons (Fsp3) is 0.167. The topological polar surface area (TPSA) is 81.0 Å². The summed E-state index contributed by atoms with van der Waals surface area (Å²) >= 11 is 0. The van der Waals surface area contributed by atoms with Gasteiger partial charge in [-0.3, -0.25) is 4.79 Å². The number of nitrogens with one attached hydrogen (secondary N) is 1. The predicted octanol–water partition coefficient (Wildman–Crippen LogP) is 2.25. The number of aromatic nitrogens is 2. The van der Waals surface area contributed by atoms with Crippen molar-refractivity contribution in [2.45, 2.75) is 12.6 Å². The van der Waals surface area contributed by atoms with Gasteiger partial charge in [0.2, 0.25) is 5.88 Å². The smallest absolute Gasteiger partial charge is 0.393 e. The van der Waals surface area contributed by atoms with Crippen LogP contribution in [0.1, 0.15) is 5.56 Å². The highest BCUT2D eigenvalue weighted by Gasteiger charge is 2.27. The number of hydrogen-bond acceptors (Lipinski definition) is 4. The van der Waals surface area contributed by atoms with Crippen LogP contribution in [0.5, 0.6) is 11.6 Å². The Morgan fingerprint density at radius 2 is 1.90 bits per heavy atom. The van der Waals surface area contributed by atoms with Gasteiger partial charge in [-0.1, -0.05) is 12.1 Å².